The normalized spacial score (nSPS) is 15.5. The molecule has 1 fully saturated rings. The van der Waals surface area contributed by atoms with Gasteiger partial charge in [0, 0.05) is 31.6 Å². The number of amides is 1. The largest absolute Gasteiger partial charge is 0.508 e. The highest BCUT2D eigenvalue weighted by Crippen LogP contribution is 2.19. The number of hydrogen-bond donors (Lipinski definition) is 2. The average Bonchev–Trinajstić information content (AvgIpc) is 2.47. The molecule has 0 unspecified atom stereocenters. The Balaban J connectivity index is 2.03. The molecule has 0 saturated carbocycles. The summed E-state index contributed by atoms with van der Waals surface area (Å²) >= 11 is 0. The van der Waals surface area contributed by atoms with Crippen molar-refractivity contribution >= 4 is 16.9 Å². The molecule has 3 rings (SSSR count). The van der Waals surface area contributed by atoms with Gasteiger partial charge in [0.15, 0.2) is 0 Å². The molecular formula is C14H14N2O4. The predicted molar refractivity (Wildman–Crippen MR) is 72.9 cm³/mol. The van der Waals surface area contributed by atoms with Crippen molar-refractivity contribution in [3.8, 4) is 5.75 Å². The Bertz CT molecular complexity index is 717. The number of phenolic OH excluding ortho intramolecular Hbond substituents is 1. The van der Waals surface area contributed by atoms with Crippen LogP contribution in [0.25, 0.3) is 11.0 Å². The van der Waals surface area contributed by atoms with Gasteiger partial charge in [-0.3, -0.25) is 4.79 Å². The minimum absolute atomic E-state index is 0.00463. The first-order chi connectivity index (χ1) is 9.65. The molecule has 0 radical (unpaired) electrons. The van der Waals surface area contributed by atoms with E-state index >= 15 is 0 Å². The van der Waals surface area contributed by atoms with Gasteiger partial charge in [-0.25, -0.2) is 4.79 Å². The molecule has 0 bridgehead atoms. The molecule has 1 amide bonds. The van der Waals surface area contributed by atoms with E-state index < -0.39 is 5.63 Å². The molecule has 1 aliphatic heterocycles. The van der Waals surface area contributed by atoms with Gasteiger partial charge >= 0.3 is 5.63 Å². The first-order valence-corrected chi connectivity index (χ1v) is 6.42. The van der Waals surface area contributed by atoms with E-state index in [2.05, 4.69) is 5.32 Å². The lowest BCUT2D eigenvalue weighted by Crippen LogP contribution is -2.47. The van der Waals surface area contributed by atoms with E-state index in [1.807, 2.05) is 0 Å². The van der Waals surface area contributed by atoms with E-state index in [4.69, 9.17) is 4.42 Å². The first-order valence-electron chi connectivity index (χ1n) is 6.42. The van der Waals surface area contributed by atoms with Crippen molar-refractivity contribution in [2.45, 2.75) is 0 Å². The molecule has 1 aliphatic rings. The van der Waals surface area contributed by atoms with E-state index in [0.29, 0.717) is 37.1 Å². The maximum atomic E-state index is 12.3. The van der Waals surface area contributed by atoms with Crippen molar-refractivity contribution in [2.24, 2.45) is 0 Å². The number of aromatic hydroxyl groups is 1. The van der Waals surface area contributed by atoms with E-state index in [1.54, 1.807) is 4.90 Å². The number of piperazine rings is 1. The minimum Gasteiger partial charge on any atom is -0.508 e. The van der Waals surface area contributed by atoms with Crippen LogP contribution in [0.1, 0.15) is 10.4 Å². The van der Waals surface area contributed by atoms with E-state index in [1.165, 1.54) is 24.3 Å². The lowest BCUT2D eigenvalue weighted by Gasteiger charge is -2.27. The number of rotatable bonds is 1. The van der Waals surface area contributed by atoms with E-state index in [0.717, 1.165) is 0 Å². The van der Waals surface area contributed by atoms with Gasteiger partial charge in [-0.05, 0) is 24.3 Å². The van der Waals surface area contributed by atoms with Crippen LogP contribution in [0.3, 0.4) is 0 Å². The lowest BCUT2D eigenvalue weighted by atomic mass is 10.1. The Labute approximate surface area is 114 Å². The van der Waals surface area contributed by atoms with Crippen LogP contribution in [-0.4, -0.2) is 42.1 Å². The summed E-state index contributed by atoms with van der Waals surface area (Å²) in [6.45, 7) is 2.56. The summed E-state index contributed by atoms with van der Waals surface area (Å²) in [4.78, 5) is 25.9. The van der Waals surface area contributed by atoms with Crippen molar-refractivity contribution in [3.05, 3.63) is 40.2 Å². The van der Waals surface area contributed by atoms with Crippen molar-refractivity contribution < 1.29 is 14.3 Å². The average molecular weight is 274 g/mol. The van der Waals surface area contributed by atoms with Crippen LogP contribution in [-0.2, 0) is 0 Å². The fraction of sp³-hybridized carbons (Fsp3) is 0.286. The molecule has 0 aliphatic carbocycles. The molecule has 1 aromatic heterocycles. The van der Waals surface area contributed by atoms with E-state index in [-0.39, 0.29) is 17.2 Å². The SMILES string of the molecule is O=C(c1cc2cc(O)ccc2oc1=O)N1CCNCC1. The van der Waals surface area contributed by atoms with Crippen LogP contribution >= 0.6 is 0 Å². The number of phenols is 1. The third kappa shape index (κ3) is 2.25. The van der Waals surface area contributed by atoms with Gasteiger partial charge < -0.3 is 19.7 Å². The summed E-state index contributed by atoms with van der Waals surface area (Å²) in [5.74, 6) is -0.266. The molecule has 6 nitrogen and oxygen atoms in total. The standard InChI is InChI=1S/C14H14N2O4/c17-10-1-2-12-9(7-10)8-11(14(19)20-12)13(18)16-5-3-15-4-6-16/h1-2,7-8,15,17H,3-6H2. The predicted octanol–water partition coefficient (Wildman–Crippen LogP) is 0.544. The smallest absolute Gasteiger partial charge is 0.349 e. The van der Waals surface area contributed by atoms with Gasteiger partial charge in [0.25, 0.3) is 5.91 Å². The molecule has 1 saturated heterocycles. The zero-order chi connectivity index (χ0) is 14.1. The second kappa shape index (κ2) is 4.97. The van der Waals surface area contributed by atoms with E-state index in [9.17, 15) is 14.7 Å². The number of nitrogens with zero attached hydrogens (tertiary/aromatic N) is 1. The van der Waals surface area contributed by atoms with Crippen molar-refractivity contribution in [2.75, 3.05) is 26.2 Å². The molecule has 104 valence electrons. The fourth-order valence-electron chi connectivity index (χ4n) is 2.30. The molecule has 20 heavy (non-hydrogen) atoms. The number of carbonyl (C=O) groups excluding carboxylic acids is 1. The zero-order valence-corrected chi connectivity index (χ0v) is 10.8. The Morgan fingerprint density at radius 3 is 2.75 bits per heavy atom. The topological polar surface area (TPSA) is 82.8 Å². The van der Waals surface area contributed by atoms with Crippen LogP contribution in [0.15, 0.2) is 33.5 Å². The molecule has 1 aromatic carbocycles. The lowest BCUT2D eigenvalue weighted by molar-refractivity contribution is 0.0731. The quantitative estimate of drug-likeness (QED) is 0.742. The van der Waals surface area contributed by atoms with Gasteiger partial charge in [0.2, 0.25) is 0 Å². The summed E-state index contributed by atoms with van der Waals surface area (Å²) in [6.07, 6.45) is 0. The van der Waals surface area contributed by atoms with Crippen molar-refractivity contribution in [1.29, 1.82) is 0 Å². The second-order valence-electron chi connectivity index (χ2n) is 4.71. The Hall–Kier alpha value is -2.34. The summed E-state index contributed by atoms with van der Waals surface area (Å²) in [6, 6.07) is 5.88. The van der Waals surface area contributed by atoms with Crippen LogP contribution in [0, 0.1) is 0 Å². The van der Waals surface area contributed by atoms with Crippen LogP contribution in [0.5, 0.6) is 5.75 Å². The maximum Gasteiger partial charge on any atom is 0.349 e. The molecule has 6 heteroatoms. The summed E-state index contributed by atoms with van der Waals surface area (Å²) in [5.41, 5.74) is -0.290. The number of fused-ring (bicyclic) bond motifs is 1. The number of benzene rings is 1. The molecule has 2 N–H and O–H groups in total. The monoisotopic (exact) mass is 274 g/mol. The molecule has 2 heterocycles. The summed E-state index contributed by atoms with van der Waals surface area (Å²) in [5, 5.41) is 13.1. The van der Waals surface area contributed by atoms with Gasteiger partial charge in [0.1, 0.15) is 16.9 Å². The fourth-order valence-corrected chi connectivity index (χ4v) is 2.30. The Morgan fingerprint density at radius 1 is 1.25 bits per heavy atom. The third-order valence-corrected chi connectivity index (χ3v) is 3.35. The maximum absolute atomic E-state index is 12.3. The molecule has 2 aromatic rings. The molecule has 0 atom stereocenters. The van der Waals surface area contributed by atoms with Gasteiger partial charge in [-0.2, -0.15) is 0 Å². The van der Waals surface area contributed by atoms with Crippen LogP contribution in [0.2, 0.25) is 0 Å². The minimum atomic E-state index is -0.647. The third-order valence-electron chi connectivity index (χ3n) is 3.35. The van der Waals surface area contributed by atoms with Crippen LogP contribution < -0.4 is 10.9 Å². The zero-order valence-electron chi connectivity index (χ0n) is 10.8. The highest BCUT2D eigenvalue weighted by Gasteiger charge is 2.21. The van der Waals surface area contributed by atoms with Crippen molar-refractivity contribution in [3.63, 3.8) is 0 Å². The Morgan fingerprint density at radius 2 is 2.00 bits per heavy atom. The van der Waals surface area contributed by atoms with Gasteiger partial charge in [0.05, 0.1) is 0 Å². The van der Waals surface area contributed by atoms with Gasteiger partial charge in [-0.1, -0.05) is 0 Å². The highest BCUT2D eigenvalue weighted by molar-refractivity contribution is 5.96. The molecular weight excluding hydrogens is 260 g/mol. The van der Waals surface area contributed by atoms with Crippen LogP contribution in [0.4, 0.5) is 0 Å². The van der Waals surface area contributed by atoms with Gasteiger partial charge in [-0.15, -0.1) is 0 Å². The first kappa shape index (κ1) is 12.7. The summed E-state index contributed by atoms with van der Waals surface area (Å²) in [7, 11) is 0. The Kier molecular flexibility index (Phi) is 3.15. The number of hydrogen-bond acceptors (Lipinski definition) is 5. The molecule has 0 spiro atoms. The second-order valence-corrected chi connectivity index (χ2v) is 4.71. The summed E-state index contributed by atoms with van der Waals surface area (Å²) < 4.78 is 5.13. The number of carbonyl (C=O) groups is 1. The van der Waals surface area contributed by atoms with Crippen molar-refractivity contribution in [1.82, 2.24) is 10.2 Å². The highest BCUT2D eigenvalue weighted by atomic mass is 16.4. The number of nitrogens with one attached hydrogen (secondary N) is 1.